The van der Waals surface area contributed by atoms with E-state index >= 15 is 0 Å². The van der Waals surface area contributed by atoms with Crippen molar-refractivity contribution in [3.05, 3.63) is 59.2 Å². The zero-order valence-corrected chi connectivity index (χ0v) is 17.7. The Kier molecular flexibility index (Phi) is 6.99. The van der Waals surface area contributed by atoms with Gasteiger partial charge in [0.1, 0.15) is 0 Å². The van der Waals surface area contributed by atoms with Gasteiger partial charge in [-0.25, -0.2) is 4.79 Å². The summed E-state index contributed by atoms with van der Waals surface area (Å²) in [7, 11) is 3.31. The normalized spacial score (nSPS) is 17.2. The number of fused-ring (bicyclic) bond motifs is 1. The molecule has 0 saturated heterocycles. The van der Waals surface area contributed by atoms with Crippen LogP contribution in [0.15, 0.2) is 42.5 Å². The molecule has 0 spiro atoms. The highest BCUT2D eigenvalue weighted by atomic mass is 16.5. The van der Waals surface area contributed by atoms with Crippen LogP contribution < -0.4 is 20.1 Å². The number of carbonyl (C=O) groups excluding carboxylic acids is 1. The number of nitrogens with zero attached hydrogens (tertiary/aromatic N) is 1. The van der Waals surface area contributed by atoms with Gasteiger partial charge < -0.3 is 20.1 Å². The zero-order chi connectivity index (χ0) is 20.8. The quantitative estimate of drug-likeness (QED) is 0.751. The fourth-order valence-electron chi connectivity index (χ4n) is 4.11. The Hall–Kier alpha value is -2.73. The summed E-state index contributed by atoms with van der Waals surface area (Å²) in [5.41, 5.74) is 3.67. The molecule has 0 saturated carbocycles. The third-order valence-corrected chi connectivity index (χ3v) is 5.42. The second-order valence-corrected chi connectivity index (χ2v) is 7.35. The van der Waals surface area contributed by atoms with Crippen LogP contribution in [-0.2, 0) is 13.0 Å². The summed E-state index contributed by atoms with van der Waals surface area (Å²) < 4.78 is 11.1. The molecule has 2 atom stereocenters. The van der Waals surface area contributed by atoms with Crippen LogP contribution in [0.1, 0.15) is 36.6 Å². The molecule has 0 aromatic heterocycles. The molecule has 6 nitrogen and oxygen atoms in total. The largest absolute Gasteiger partial charge is 0.493 e. The van der Waals surface area contributed by atoms with Crippen molar-refractivity contribution < 1.29 is 14.3 Å². The number of hydrogen-bond acceptors (Lipinski definition) is 4. The number of rotatable bonds is 7. The van der Waals surface area contributed by atoms with E-state index in [0.29, 0.717) is 12.3 Å². The first-order valence-electron chi connectivity index (χ1n) is 10.1. The molecular weight excluding hydrogens is 366 g/mol. The van der Waals surface area contributed by atoms with Crippen LogP contribution in [0.4, 0.5) is 4.79 Å². The predicted octanol–water partition coefficient (Wildman–Crippen LogP) is 3.51. The van der Waals surface area contributed by atoms with Gasteiger partial charge in [-0.15, -0.1) is 0 Å². The molecule has 1 aliphatic heterocycles. The van der Waals surface area contributed by atoms with Gasteiger partial charge in [-0.3, -0.25) is 4.90 Å². The van der Waals surface area contributed by atoms with Gasteiger partial charge >= 0.3 is 6.03 Å². The van der Waals surface area contributed by atoms with Gasteiger partial charge in [0.05, 0.1) is 20.3 Å². The summed E-state index contributed by atoms with van der Waals surface area (Å²) in [5.74, 6) is 1.45. The van der Waals surface area contributed by atoms with E-state index in [9.17, 15) is 4.79 Å². The van der Waals surface area contributed by atoms with Crippen molar-refractivity contribution in [2.24, 2.45) is 0 Å². The predicted molar refractivity (Wildman–Crippen MR) is 115 cm³/mol. The summed E-state index contributed by atoms with van der Waals surface area (Å²) in [5, 5.41) is 5.94. The van der Waals surface area contributed by atoms with Crippen LogP contribution in [0.3, 0.4) is 0 Å². The van der Waals surface area contributed by atoms with Gasteiger partial charge in [0.2, 0.25) is 0 Å². The van der Waals surface area contributed by atoms with Crippen molar-refractivity contribution >= 4 is 6.03 Å². The number of urea groups is 1. The lowest BCUT2D eigenvalue weighted by atomic mass is 9.87. The smallest absolute Gasteiger partial charge is 0.315 e. The van der Waals surface area contributed by atoms with Crippen LogP contribution in [0, 0.1) is 0 Å². The number of benzene rings is 2. The number of hydrogen-bond donors (Lipinski definition) is 2. The maximum Gasteiger partial charge on any atom is 0.315 e. The molecule has 0 aliphatic carbocycles. The number of nitrogens with one attached hydrogen (secondary N) is 2. The molecular formula is C23H31N3O3. The van der Waals surface area contributed by atoms with Crippen LogP contribution >= 0.6 is 0 Å². The van der Waals surface area contributed by atoms with Crippen LogP contribution in [0.5, 0.6) is 11.5 Å². The van der Waals surface area contributed by atoms with E-state index in [4.69, 9.17) is 9.47 Å². The SMILES string of the molecule is CCNC(=O)NC(C)C1c2cc(OC)c(OC)cc2CCN1Cc1ccccc1. The Morgan fingerprint density at radius 1 is 1.17 bits per heavy atom. The summed E-state index contributed by atoms with van der Waals surface area (Å²) in [6, 6.07) is 14.4. The number of carbonyl (C=O) groups is 1. The van der Waals surface area contributed by atoms with E-state index in [-0.39, 0.29) is 18.1 Å². The lowest BCUT2D eigenvalue weighted by Crippen LogP contribution is -2.49. The second kappa shape index (κ2) is 9.65. The van der Waals surface area contributed by atoms with Crippen molar-refractivity contribution in [2.45, 2.75) is 38.9 Å². The molecule has 6 heteroatoms. The summed E-state index contributed by atoms with van der Waals surface area (Å²) in [6.45, 7) is 6.30. The van der Waals surface area contributed by atoms with Crippen LogP contribution in [-0.4, -0.2) is 44.3 Å². The maximum atomic E-state index is 12.2. The third kappa shape index (κ3) is 4.82. The lowest BCUT2D eigenvalue weighted by molar-refractivity contribution is 0.143. The number of methoxy groups -OCH3 is 2. The Morgan fingerprint density at radius 3 is 2.52 bits per heavy atom. The zero-order valence-electron chi connectivity index (χ0n) is 17.7. The van der Waals surface area contributed by atoms with Crippen LogP contribution in [0.25, 0.3) is 0 Å². The monoisotopic (exact) mass is 397 g/mol. The van der Waals surface area contributed by atoms with Crippen molar-refractivity contribution in [3.63, 3.8) is 0 Å². The number of ether oxygens (including phenoxy) is 2. The van der Waals surface area contributed by atoms with Gasteiger partial charge in [-0.05, 0) is 49.1 Å². The van der Waals surface area contributed by atoms with Gasteiger partial charge in [0.15, 0.2) is 11.5 Å². The fourth-order valence-corrected chi connectivity index (χ4v) is 4.11. The molecule has 1 aliphatic rings. The van der Waals surface area contributed by atoms with E-state index in [2.05, 4.69) is 58.9 Å². The van der Waals surface area contributed by atoms with E-state index < -0.39 is 0 Å². The molecule has 2 aromatic carbocycles. The van der Waals surface area contributed by atoms with E-state index in [1.807, 2.05) is 13.0 Å². The van der Waals surface area contributed by atoms with Crippen molar-refractivity contribution in [1.29, 1.82) is 0 Å². The Labute approximate surface area is 173 Å². The standard InChI is InChI=1S/C23H31N3O3/c1-5-24-23(27)25-16(2)22-19-14-21(29-4)20(28-3)13-18(19)11-12-26(22)15-17-9-7-6-8-10-17/h6-10,13-14,16,22H,5,11-12,15H2,1-4H3,(H2,24,25,27). The molecule has 2 aromatic rings. The van der Waals surface area contributed by atoms with E-state index in [0.717, 1.165) is 25.3 Å². The molecule has 1 heterocycles. The molecule has 156 valence electrons. The highest BCUT2D eigenvalue weighted by Gasteiger charge is 2.33. The number of amides is 2. The first kappa shape index (κ1) is 21.0. The molecule has 2 amide bonds. The van der Waals surface area contributed by atoms with Gasteiger partial charge in [-0.1, -0.05) is 30.3 Å². The molecule has 0 radical (unpaired) electrons. The summed E-state index contributed by atoms with van der Waals surface area (Å²) in [6.07, 6.45) is 0.924. The van der Waals surface area contributed by atoms with Crippen molar-refractivity contribution in [1.82, 2.24) is 15.5 Å². The Morgan fingerprint density at radius 2 is 1.86 bits per heavy atom. The van der Waals surface area contributed by atoms with Crippen LogP contribution in [0.2, 0.25) is 0 Å². The minimum absolute atomic E-state index is 0.0290. The summed E-state index contributed by atoms with van der Waals surface area (Å²) >= 11 is 0. The van der Waals surface area contributed by atoms with Gasteiger partial charge in [0, 0.05) is 25.7 Å². The molecule has 29 heavy (non-hydrogen) atoms. The average Bonchev–Trinajstić information content (AvgIpc) is 2.73. The van der Waals surface area contributed by atoms with E-state index in [1.165, 1.54) is 16.7 Å². The maximum absolute atomic E-state index is 12.2. The third-order valence-electron chi connectivity index (χ3n) is 5.42. The Balaban J connectivity index is 1.96. The summed E-state index contributed by atoms with van der Waals surface area (Å²) in [4.78, 5) is 14.6. The lowest BCUT2D eigenvalue weighted by Gasteiger charge is -2.41. The molecule has 0 bridgehead atoms. The first-order valence-corrected chi connectivity index (χ1v) is 10.1. The van der Waals surface area contributed by atoms with Crippen molar-refractivity contribution in [3.8, 4) is 11.5 Å². The molecule has 3 rings (SSSR count). The topological polar surface area (TPSA) is 62.8 Å². The second-order valence-electron chi connectivity index (χ2n) is 7.35. The Bertz CT molecular complexity index is 826. The molecule has 0 fully saturated rings. The minimum Gasteiger partial charge on any atom is -0.493 e. The first-order chi connectivity index (χ1) is 14.1. The van der Waals surface area contributed by atoms with Crippen molar-refractivity contribution in [2.75, 3.05) is 27.3 Å². The average molecular weight is 398 g/mol. The minimum atomic E-state index is -0.146. The van der Waals surface area contributed by atoms with E-state index in [1.54, 1.807) is 14.2 Å². The van der Waals surface area contributed by atoms with Gasteiger partial charge in [-0.2, -0.15) is 0 Å². The fraction of sp³-hybridized carbons (Fsp3) is 0.435. The molecule has 2 N–H and O–H groups in total. The highest BCUT2D eigenvalue weighted by Crippen LogP contribution is 2.40. The molecule has 2 unspecified atom stereocenters. The van der Waals surface area contributed by atoms with Gasteiger partial charge in [0.25, 0.3) is 0 Å². The highest BCUT2D eigenvalue weighted by molar-refractivity contribution is 5.74.